The fourth-order valence-corrected chi connectivity index (χ4v) is 9.70. The van der Waals surface area contributed by atoms with Crippen molar-refractivity contribution in [1.29, 1.82) is 5.41 Å². The summed E-state index contributed by atoms with van der Waals surface area (Å²) in [5.41, 5.74) is 26.7. The van der Waals surface area contributed by atoms with Crippen molar-refractivity contribution in [2.75, 3.05) is 4.90 Å². The number of benzene rings is 9. The molecule has 2 aliphatic rings. The molecule has 3 N–H and O–H groups in total. The zero-order valence-corrected chi connectivity index (χ0v) is 33.5. The number of fused-ring (bicyclic) bond motifs is 9. The third-order valence-corrected chi connectivity index (χ3v) is 12.5. The van der Waals surface area contributed by atoms with Gasteiger partial charge in [0, 0.05) is 16.9 Å². The lowest BCUT2D eigenvalue weighted by molar-refractivity contribution is 0.753. The molecule has 3 heteroatoms. The van der Waals surface area contributed by atoms with Crippen molar-refractivity contribution in [2.24, 2.45) is 5.73 Å². The number of nitrogens with two attached hydrogens (primary N) is 1. The number of rotatable bonds is 7. The zero-order valence-electron chi connectivity index (χ0n) is 33.5. The van der Waals surface area contributed by atoms with Crippen LogP contribution in [0.2, 0.25) is 0 Å². The molecule has 0 bridgehead atoms. The molecule has 3 nitrogen and oxygen atoms in total. The molecule has 9 aromatic carbocycles. The maximum absolute atomic E-state index is 9.02. The second kappa shape index (κ2) is 14.7. The van der Waals surface area contributed by atoms with Crippen LogP contribution in [0.4, 0.5) is 17.1 Å². The summed E-state index contributed by atoms with van der Waals surface area (Å²) < 4.78 is 0. The minimum Gasteiger partial charge on any atom is -0.398 e. The number of hydrogen-bond donors (Lipinski definition) is 2. The minimum atomic E-state index is -0.487. The first-order chi connectivity index (χ1) is 30.1. The van der Waals surface area contributed by atoms with Crippen molar-refractivity contribution >= 4 is 28.5 Å². The second-order valence-corrected chi connectivity index (χ2v) is 15.9. The van der Waals surface area contributed by atoms with Crippen LogP contribution in [0.25, 0.3) is 50.2 Å². The van der Waals surface area contributed by atoms with Crippen LogP contribution >= 0.6 is 0 Å². The first-order valence-electron chi connectivity index (χ1n) is 20.8. The number of allylic oxidation sites excluding steroid dienone is 1. The maximum Gasteiger partial charge on any atom is 0.0754 e. The highest BCUT2D eigenvalue weighted by Crippen LogP contribution is 2.63. The largest absolute Gasteiger partial charge is 0.398 e. The zero-order chi connectivity index (χ0) is 40.9. The van der Waals surface area contributed by atoms with Crippen LogP contribution in [0.5, 0.6) is 0 Å². The molecule has 0 fully saturated rings. The molecule has 0 saturated heterocycles. The molecule has 0 aromatic heterocycles. The molecule has 1 spiro atoms. The molecular weight excluding hydrogens is 739 g/mol. The smallest absolute Gasteiger partial charge is 0.0754 e. The van der Waals surface area contributed by atoms with Gasteiger partial charge in [0.05, 0.1) is 22.5 Å². The average Bonchev–Trinajstić information content (AvgIpc) is 3.62. The van der Waals surface area contributed by atoms with E-state index in [1.165, 1.54) is 44.8 Å². The molecule has 9 aromatic rings. The SMILES string of the molecule is N=C(/C=C(\N)c1ccc(-c2ccccc2)cc1)c1cccc(-c2cccc(-c3ccc4c(c3)-c3ccccc3C43c4ccccc4N(c4ccccc4)c4ccccc43)c2)c1. The Morgan fingerprint density at radius 3 is 1.57 bits per heavy atom. The van der Waals surface area contributed by atoms with Gasteiger partial charge in [-0.3, -0.25) is 0 Å². The monoisotopic (exact) mass is 779 g/mol. The maximum atomic E-state index is 9.02. The summed E-state index contributed by atoms with van der Waals surface area (Å²) in [6, 6.07) is 80.1. The molecule has 0 atom stereocenters. The minimum absolute atomic E-state index is 0.367. The van der Waals surface area contributed by atoms with Crippen molar-refractivity contribution in [3.63, 3.8) is 0 Å². The van der Waals surface area contributed by atoms with Gasteiger partial charge in [0.25, 0.3) is 0 Å². The van der Waals surface area contributed by atoms with Gasteiger partial charge in [-0.25, -0.2) is 0 Å². The van der Waals surface area contributed by atoms with Gasteiger partial charge < -0.3 is 16.0 Å². The normalized spacial score (nSPS) is 13.2. The average molecular weight is 780 g/mol. The molecule has 11 rings (SSSR count). The van der Waals surface area contributed by atoms with Crippen LogP contribution in [0.3, 0.4) is 0 Å². The molecule has 0 saturated carbocycles. The number of nitrogens with zero attached hydrogens (tertiary/aromatic N) is 1. The number of hydrogen-bond acceptors (Lipinski definition) is 3. The third kappa shape index (κ3) is 5.93. The van der Waals surface area contributed by atoms with Gasteiger partial charge >= 0.3 is 0 Å². The van der Waals surface area contributed by atoms with Crippen LogP contribution in [-0.4, -0.2) is 5.71 Å². The number of anilines is 3. The lowest BCUT2D eigenvalue weighted by atomic mass is 9.64. The van der Waals surface area contributed by atoms with Gasteiger partial charge in [-0.2, -0.15) is 0 Å². The molecule has 1 aliphatic carbocycles. The van der Waals surface area contributed by atoms with E-state index in [2.05, 4.69) is 187 Å². The molecular formula is C58H41N3. The first kappa shape index (κ1) is 36.1. The van der Waals surface area contributed by atoms with Gasteiger partial charge in [0.2, 0.25) is 0 Å². The highest BCUT2D eigenvalue weighted by molar-refractivity contribution is 6.10. The van der Waals surface area contributed by atoms with Crippen LogP contribution in [0.15, 0.2) is 231 Å². The Hall–Kier alpha value is -8.01. The van der Waals surface area contributed by atoms with E-state index in [4.69, 9.17) is 11.1 Å². The molecule has 0 amide bonds. The molecule has 0 unspecified atom stereocenters. The fourth-order valence-electron chi connectivity index (χ4n) is 9.70. The van der Waals surface area contributed by atoms with Crippen molar-refractivity contribution in [3.8, 4) is 44.5 Å². The van der Waals surface area contributed by atoms with Crippen LogP contribution in [-0.2, 0) is 5.41 Å². The number of para-hydroxylation sites is 3. The number of nitrogens with one attached hydrogen (secondary N) is 1. The van der Waals surface area contributed by atoms with Crippen molar-refractivity contribution in [2.45, 2.75) is 5.41 Å². The molecule has 288 valence electrons. The fraction of sp³-hybridized carbons (Fsp3) is 0.0172. The van der Waals surface area contributed by atoms with Crippen LogP contribution in [0, 0.1) is 5.41 Å². The van der Waals surface area contributed by atoms with Crippen molar-refractivity contribution < 1.29 is 0 Å². The van der Waals surface area contributed by atoms with Crippen molar-refractivity contribution in [3.05, 3.63) is 264 Å². The first-order valence-corrected chi connectivity index (χ1v) is 20.8. The Kier molecular flexibility index (Phi) is 8.68. The summed E-state index contributed by atoms with van der Waals surface area (Å²) in [5, 5.41) is 9.02. The van der Waals surface area contributed by atoms with E-state index in [1.807, 2.05) is 42.5 Å². The van der Waals surface area contributed by atoms with E-state index in [-0.39, 0.29) is 0 Å². The topological polar surface area (TPSA) is 53.1 Å². The Morgan fingerprint density at radius 1 is 0.393 bits per heavy atom. The van der Waals surface area contributed by atoms with Crippen LogP contribution < -0.4 is 10.6 Å². The molecule has 1 heterocycles. The van der Waals surface area contributed by atoms with E-state index in [0.717, 1.165) is 50.2 Å². The highest BCUT2D eigenvalue weighted by atomic mass is 15.2. The third-order valence-electron chi connectivity index (χ3n) is 12.5. The summed E-state index contributed by atoms with van der Waals surface area (Å²) in [6.45, 7) is 0. The Labute approximate surface area is 356 Å². The lowest BCUT2D eigenvalue weighted by Crippen LogP contribution is -2.36. The summed E-state index contributed by atoms with van der Waals surface area (Å²) in [6.07, 6.45) is 1.75. The molecule has 1 aliphatic heterocycles. The summed E-state index contributed by atoms with van der Waals surface area (Å²) in [7, 11) is 0. The van der Waals surface area contributed by atoms with E-state index in [1.54, 1.807) is 6.08 Å². The summed E-state index contributed by atoms with van der Waals surface area (Å²) >= 11 is 0. The predicted molar refractivity (Wildman–Crippen MR) is 254 cm³/mol. The molecule has 61 heavy (non-hydrogen) atoms. The standard InChI is InChI=1S/C58H41N3/c59-54(41-31-29-40(30-32-41)39-15-3-1-4-16-39)38-55(60)46-20-14-19-44(36-46)42-17-13-18-43(35-42)45-33-34-51-49(37-45)48-23-7-8-24-50(48)58(51)52-25-9-11-27-56(52)61(47-21-5-2-6-22-47)57-28-12-10-26-53(57)58/h1-38,60H,59H2/b54-38-,60-55?. The van der Waals surface area contributed by atoms with E-state index in [0.29, 0.717) is 11.4 Å². The van der Waals surface area contributed by atoms with Gasteiger partial charge in [-0.1, -0.05) is 182 Å². The molecule has 0 radical (unpaired) electrons. The highest BCUT2D eigenvalue weighted by Gasteiger charge is 2.51. The summed E-state index contributed by atoms with van der Waals surface area (Å²) in [5.74, 6) is 0. The van der Waals surface area contributed by atoms with E-state index >= 15 is 0 Å². The van der Waals surface area contributed by atoms with Crippen LogP contribution in [0.1, 0.15) is 33.4 Å². The quantitative estimate of drug-likeness (QED) is 0.158. The Bertz CT molecular complexity index is 3110. The van der Waals surface area contributed by atoms with Gasteiger partial charge in [-0.05, 0) is 121 Å². The second-order valence-electron chi connectivity index (χ2n) is 15.9. The Balaban J connectivity index is 0.951. The van der Waals surface area contributed by atoms with Crippen molar-refractivity contribution in [1.82, 2.24) is 0 Å². The van der Waals surface area contributed by atoms with Gasteiger partial charge in [0.15, 0.2) is 0 Å². The van der Waals surface area contributed by atoms with E-state index in [9.17, 15) is 0 Å². The Morgan fingerprint density at radius 2 is 0.885 bits per heavy atom. The van der Waals surface area contributed by atoms with Gasteiger partial charge in [0.1, 0.15) is 0 Å². The van der Waals surface area contributed by atoms with Gasteiger partial charge in [-0.15, -0.1) is 0 Å². The summed E-state index contributed by atoms with van der Waals surface area (Å²) in [4.78, 5) is 2.42. The predicted octanol–water partition coefficient (Wildman–Crippen LogP) is 14.2. The van der Waals surface area contributed by atoms with E-state index < -0.39 is 5.41 Å². The lowest BCUT2D eigenvalue weighted by Gasteiger charge is -2.45.